The predicted molar refractivity (Wildman–Crippen MR) is 45.1 cm³/mol. The summed E-state index contributed by atoms with van der Waals surface area (Å²) >= 11 is 0. The van der Waals surface area contributed by atoms with Crippen LogP contribution in [0, 0.1) is 6.92 Å². The fraction of sp³-hybridized carbons (Fsp3) is 0.111. The zero-order valence-electron chi connectivity index (χ0n) is 7.24. The van der Waals surface area contributed by atoms with E-state index in [1.807, 2.05) is 0 Å². The van der Waals surface area contributed by atoms with Crippen LogP contribution in [0.4, 0.5) is 0 Å². The van der Waals surface area contributed by atoms with Gasteiger partial charge in [0.2, 0.25) is 0 Å². The average Bonchev–Trinajstić information content (AvgIpc) is 2.04. The number of carboxylic acid groups (broad SMARTS) is 2. The first-order valence-electron chi connectivity index (χ1n) is 3.59. The van der Waals surface area contributed by atoms with Gasteiger partial charge in [-0.05, 0) is 24.6 Å². The quantitative estimate of drug-likeness (QED) is 0.765. The molecular formula is C9H8AuO4. The van der Waals surface area contributed by atoms with E-state index in [1.165, 1.54) is 12.1 Å². The molecule has 0 unspecified atom stereocenters. The minimum Gasteiger partial charge on any atom is -0.478 e. The Morgan fingerprint density at radius 1 is 1.14 bits per heavy atom. The summed E-state index contributed by atoms with van der Waals surface area (Å²) in [7, 11) is 0. The zero-order chi connectivity index (χ0) is 10.0. The molecule has 5 heteroatoms. The Hall–Kier alpha value is -1.10. The summed E-state index contributed by atoms with van der Waals surface area (Å²) in [5.41, 5.74) is 0.570. The van der Waals surface area contributed by atoms with E-state index in [2.05, 4.69) is 0 Å². The number of aryl methyl sites for hydroxylation is 1. The molecule has 0 saturated heterocycles. The van der Waals surface area contributed by atoms with Crippen molar-refractivity contribution in [3.05, 3.63) is 34.9 Å². The summed E-state index contributed by atoms with van der Waals surface area (Å²) in [4.78, 5) is 21.1. The van der Waals surface area contributed by atoms with E-state index in [4.69, 9.17) is 10.2 Å². The normalized spacial score (nSPS) is 8.93. The Balaban J connectivity index is 0.00000169. The molecule has 79 valence electrons. The van der Waals surface area contributed by atoms with E-state index in [1.54, 1.807) is 6.92 Å². The zero-order valence-corrected chi connectivity index (χ0v) is 9.41. The number of benzene rings is 1. The molecule has 1 rings (SSSR count). The van der Waals surface area contributed by atoms with Crippen LogP contribution < -0.4 is 0 Å². The van der Waals surface area contributed by atoms with E-state index in [0.29, 0.717) is 5.56 Å². The van der Waals surface area contributed by atoms with Crippen LogP contribution in [0.5, 0.6) is 0 Å². The monoisotopic (exact) mass is 377 g/mol. The molecule has 0 heterocycles. The summed E-state index contributed by atoms with van der Waals surface area (Å²) < 4.78 is 0. The number of carbonyl (C=O) groups is 2. The summed E-state index contributed by atoms with van der Waals surface area (Å²) in [5, 5.41) is 17.3. The SMILES string of the molecule is Cc1ccc(C(=O)O)cc1C(=O)O.[Au]. The van der Waals surface area contributed by atoms with Crippen molar-refractivity contribution < 1.29 is 42.2 Å². The summed E-state index contributed by atoms with van der Waals surface area (Å²) in [5.74, 6) is -2.23. The molecule has 1 aromatic carbocycles. The maximum Gasteiger partial charge on any atom is 0.335 e. The summed E-state index contributed by atoms with van der Waals surface area (Å²) in [6.07, 6.45) is 0. The smallest absolute Gasteiger partial charge is 0.335 e. The average molecular weight is 377 g/mol. The largest absolute Gasteiger partial charge is 0.478 e. The van der Waals surface area contributed by atoms with Crippen molar-refractivity contribution >= 4 is 11.9 Å². The first-order valence-corrected chi connectivity index (χ1v) is 3.59. The molecule has 0 aliphatic rings. The van der Waals surface area contributed by atoms with Crippen molar-refractivity contribution in [3.63, 3.8) is 0 Å². The molecule has 4 nitrogen and oxygen atoms in total. The summed E-state index contributed by atoms with van der Waals surface area (Å²) in [6.45, 7) is 1.62. The van der Waals surface area contributed by atoms with Gasteiger partial charge in [-0.2, -0.15) is 0 Å². The fourth-order valence-corrected chi connectivity index (χ4v) is 0.985. The van der Waals surface area contributed by atoms with Gasteiger partial charge >= 0.3 is 11.9 Å². The molecule has 1 radical (unpaired) electrons. The second-order valence-electron chi connectivity index (χ2n) is 2.64. The van der Waals surface area contributed by atoms with Gasteiger partial charge in [-0.25, -0.2) is 9.59 Å². The van der Waals surface area contributed by atoms with Crippen LogP contribution in [0.25, 0.3) is 0 Å². The van der Waals surface area contributed by atoms with Crippen LogP contribution >= 0.6 is 0 Å². The first kappa shape index (κ1) is 12.9. The van der Waals surface area contributed by atoms with Gasteiger partial charge in [0.25, 0.3) is 0 Å². The van der Waals surface area contributed by atoms with Gasteiger partial charge < -0.3 is 10.2 Å². The van der Waals surface area contributed by atoms with Crippen LogP contribution in [-0.2, 0) is 22.4 Å². The Morgan fingerprint density at radius 3 is 2.14 bits per heavy atom. The maximum absolute atomic E-state index is 10.6. The van der Waals surface area contributed by atoms with Crippen molar-refractivity contribution in [1.29, 1.82) is 0 Å². The Bertz CT molecular complexity index is 373. The van der Waals surface area contributed by atoms with E-state index >= 15 is 0 Å². The van der Waals surface area contributed by atoms with Gasteiger partial charge in [0.05, 0.1) is 11.1 Å². The third kappa shape index (κ3) is 2.70. The Labute approximate surface area is 96.1 Å². The van der Waals surface area contributed by atoms with Gasteiger partial charge in [-0.15, -0.1) is 0 Å². The molecule has 0 spiro atoms. The molecule has 0 atom stereocenters. The maximum atomic E-state index is 10.6. The molecule has 1 aromatic rings. The minimum atomic E-state index is -1.12. The van der Waals surface area contributed by atoms with Crippen LogP contribution in [-0.4, -0.2) is 22.2 Å². The van der Waals surface area contributed by atoms with Crippen LogP contribution in [0.1, 0.15) is 26.3 Å². The molecule has 14 heavy (non-hydrogen) atoms. The number of aromatic carboxylic acids is 2. The standard InChI is InChI=1S/C9H8O4.Au/c1-5-2-3-6(8(10)11)4-7(5)9(12)13;/h2-4H,1H3,(H,10,11)(H,12,13);. The first-order chi connectivity index (χ1) is 6.02. The third-order valence-electron chi connectivity index (χ3n) is 1.71. The molecule has 2 N–H and O–H groups in total. The van der Waals surface area contributed by atoms with Crippen molar-refractivity contribution in [3.8, 4) is 0 Å². The summed E-state index contributed by atoms with van der Waals surface area (Å²) in [6, 6.07) is 4.01. The third-order valence-corrected chi connectivity index (χ3v) is 1.71. The van der Waals surface area contributed by atoms with E-state index in [0.717, 1.165) is 6.07 Å². The van der Waals surface area contributed by atoms with E-state index < -0.39 is 11.9 Å². The minimum absolute atomic E-state index is 0. The number of hydrogen-bond acceptors (Lipinski definition) is 2. The van der Waals surface area contributed by atoms with Gasteiger partial charge in [-0.1, -0.05) is 6.07 Å². The van der Waals surface area contributed by atoms with Crippen LogP contribution in [0.3, 0.4) is 0 Å². The number of carboxylic acids is 2. The molecule has 0 amide bonds. The van der Waals surface area contributed by atoms with Gasteiger partial charge in [0.1, 0.15) is 0 Å². The molecule has 0 aliphatic heterocycles. The van der Waals surface area contributed by atoms with E-state index in [9.17, 15) is 9.59 Å². The van der Waals surface area contributed by atoms with Crippen LogP contribution in [0.15, 0.2) is 18.2 Å². The van der Waals surface area contributed by atoms with Gasteiger partial charge in [0.15, 0.2) is 0 Å². The molecule has 0 aromatic heterocycles. The number of hydrogen-bond donors (Lipinski definition) is 2. The molecule has 0 fully saturated rings. The van der Waals surface area contributed by atoms with Gasteiger partial charge in [0, 0.05) is 22.4 Å². The van der Waals surface area contributed by atoms with Crippen molar-refractivity contribution in [1.82, 2.24) is 0 Å². The van der Waals surface area contributed by atoms with Crippen molar-refractivity contribution in [2.24, 2.45) is 0 Å². The Morgan fingerprint density at radius 2 is 1.71 bits per heavy atom. The second-order valence-corrected chi connectivity index (χ2v) is 2.64. The topological polar surface area (TPSA) is 74.6 Å². The molecule has 0 saturated carbocycles. The Kier molecular flexibility index (Phi) is 4.56. The fourth-order valence-electron chi connectivity index (χ4n) is 0.985. The van der Waals surface area contributed by atoms with E-state index in [-0.39, 0.29) is 33.5 Å². The molecular weight excluding hydrogens is 369 g/mol. The van der Waals surface area contributed by atoms with Crippen molar-refractivity contribution in [2.45, 2.75) is 6.92 Å². The van der Waals surface area contributed by atoms with Crippen LogP contribution in [0.2, 0.25) is 0 Å². The molecule has 0 bridgehead atoms. The van der Waals surface area contributed by atoms with Crippen molar-refractivity contribution in [2.75, 3.05) is 0 Å². The predicted octanol–water partition coefficient (Wildman–Crippen LogP) is 1.39. The second kappa shape index (κ2) is 4.95. The number of rotatable bonds is 2. The molecule has 0 aliphatic carbocycles. The van der Waals surface area contributed by atoms with Gasteiger partial charge in [-0.3, -0.25) is 0 Å².